The highest BCUT2D eigenvalue weighted by atomic mass is 16.5. The fourth-order valence-corrected chi connectivity index (χ4v) is 2.12. The van der Waals surface area contributed by atoms with Gasteiger partial charge >= 0.3 is 0 Å². The number of hydrogen-bond acceptors (Lipinski definition) is 5. The van der Waals surface area contributed by atoms with Crippen LogP contribution in [0.25, 0.3) is 0 Å². The lowest BCUT2D eigenvalue weighted by Gasteiger charge is -2.16. The summed E-state index contributed by atoms with van der Waals surface area (Å²) in [4.78, 5) is 12.9. The maximum Gasteiger partial charge on any atom is 0.222 e. The average molecular weight is 286 g/mol. The maximum atomic E-state index is 5.86. The largest absolute Gasteiger partial charge is 0.477 e. The molecule has 0 aliphatic rings. The summed E-state index contributed by atoms with van der Waals surface area (Å²) in [5.74, 6) is 1.81. The molecule has 0 atom stereocenters. The van der Waals surface area contributed by atoms with E-state index in [4.69, 9.17) is 4.74 Å². The number of ether oxygens (including phenoxy) is 1. The van der Waals surface area contributed by atoms with Crippen molar-refractivity contribution in [3.8, 4) is 5.88 Å². The van der Waals surface area contributed by atoms with E-state index in [0.29, 0.717) is 18.4 Å². The van der Waals surface area contributed by atoms with E-state index in [1.54, 1.807) is 12.5 Å². The van der Waals surface area contributed by atoms with Gasteiger partial charge in [0.05, 0.1) is 12.2 Å². The van der Waals surface area contributed by atoms with Crippen LogP contribution in [-0.4, -0.2) is 28.1 Å². The van der Waals surface area contributed by atoms with Gasteiger partial charge in [0.2, 0.25) is 5.88 Å². The van der Waals surface area contributed by atoms with Crippen LogP contribution in [0.1, 0.15) is 37.9 Å². The maximum absolute atomic E-state index is 5.86. The molecule has 0 amide bonds. The molecule has 0 aliphatic heterocycles. The number of aromatic nitrogens is 3. The van der Waals surface area contributed by atoms with Gasteiger partial charge in [-0.15, -0.1) is 0 Å². The molecule has 1 N–H and O–H groups in total. The summed E-state index contributed by atoms with van der Waals surface area (Å²) in [6, 6.07) is 5.89. The van der Waals surface area contributed by atoms with Crippen LogP contribution in [-0.2, 0) is 6.42 Å². The van der Waals surface area contributed by atoms with Crippen molar-refractivity contribution in [2.45, 2.75) is 33.1 Å². The SMILES string of the molecule is CCNc1ncnc(OCCc2ccccn2)c1C(C)C. The molecule has 0 radical (unpaired) electrons. The first kappa shape index (κ1) is 15.2. The monoisotopic (exact) mass is 286 g/mol. The third-order valence-electron chi connectivity index (χ3n) is 3.09. The Bertz CT molecular complexity index is 557. The predicted molar refractivity (Wildman–Crippen MR) is 83.7 cm³/mol. The van der Waals surface area contributed by atoms with E-state index in [2.05, 4.69) is 34.1 Å². The summed E-state index contributed by atoms with van der Waals surface area (Å²) < 4.78 is 5.86. The Morgan fingerprint density at radius 3 is 2.71 bits per heavy atom. The highest BCUT2D eigenvalue weighted by Gasteiger charge is 2.15. The van der Waals surface area contributed by atoms with Crippen LogP contribution in [0.4, 0.5) is 5.82 Å². The summed E-state index contributed by atoms with van der Waals surface area (Å²) in [7, 11) is 0. The topological polar surface area (TPSA) is 59.9 Å². The van der Waals surface area contributed by atoms with Crippen LogP contribution in [0.2, 0.25) is 0 Å². The average Bonchev–Trinajstić information content (AvgIpc) is 2.48. The molecule has 5 heteroatoms. The summed E-state index contributed by atoms with van der Waals surface area (Å²) in [6.45, 7) is 7.66. The zero-order valence-corrected chi connectivity index (χ0v) is 12.8. The van der Waals surface area contributed by atoms with Gasteiger partial charge in [-0.05, 0) is 25.0 Å². The number of nitrogens with one attached hydrogen (secondary N) is 1. The van der Waals surface area contributed by atoms with Crippen molar-refractivity contribution < 1.29 is 4.74 Å². The lowest BCUT2D eigenvalue weighted by atomic mass is 10.1. The second-order valence-electron chi connectivity index (χ2n) is 5.05. The predicted octanol–water partition coefficient (Wildman–Crippen LogP) is 3.05. The Morgan fingerprint density at radius 1 is 1.19 bits per heavy atom. The van der Waals surface area contributed by atoms with Crippen molar-refractivity contribution in [3.63, 3.8) is 0 Å². The number of nitrogens with zero attached hydrogens (tertiary/aromatic N) is 3. The van der Waals surface area contributed by atoms with E-state index in [-0.39, 0.29) is 0 Å². The van der Waals surface area contributed by atoms with E-state index in [1.165, 1.54) is 0 Å². The van der Waals surface area contributed by atoms with Crippen molar-refractivity contribution in [2.75, 3.05) is 18.5 Å². The van der Waals surface area contributed by atoms with Crippen molar-refractivity contribution in [1.82, 2.24) is 15.0 Å². The lowest BCUT2D eigenvalue weighted by molar-refractivity contribution is 0.303. The molecular weight excluding hydrogens is 264 g/mol. The molecule has 0 bridgehead atoms. The van der Waals surface area contributed by atoms with Gasteiger partial charge in [-0.25, -0.2) is 9.97 Å². The number of pyridine rings is 1. The molecule has 2 aromatic heterocycles. The molecule has 2 aromatic rings. The van der Waals surface area contributed by atoms with Gasteiger partial charge in [0.15, 0.2) is 0 Å². The number of hydrogen-bond donors (Lipinski definition) is 1. The van der Waals surface area contributed by atoms with E-state index in [1.807, 2.05) is 25.1 Å². The smallest absolute Gasteiger partial charge is 0.222 e. The van der Waals surface area contributed by atoms with Crippen molar-refractivity contribution in [1.29, 1.82) is 0 Å². The zero-order chi connectivity index (χ0) is 15.1. The van der Waals surface area contributed by atoms with Crippen LogP contribution in [0, 0.1) is 0 Å². The van der Waals surface area contributed by atoms with Gasteiger partial charge in [-0.2, -0.15) is 0 Å². The second-order valence-corrected chi connectivity index (χ2v) is 5.05. The summed E-state index contributed by atoms with van der Waals surface area (Å²) in [5.41, 5.74) is 2.05. The highest BCUT2D eigenvalue weighted by Crippen LogP contribution is 2.29. The standard InChI is InChI=1S/C16H22N4O/c1-4-17-15-14(12(2)3)16(20-11-19-15)21-10-8-13-7-5-6-9-18-13/h5-7,9,11-12H,4,8,10H2,1-3H3,(H,17,19,20). The third-order valence-corrected chi connectivity index (χ3v) is 3.09. The molecule has 112 valence electrons. The van der Waals surface area contributed by atoms with Gasteiger partial charge in [0.25, 0.3) is 0 Å². The fraction of sp³-hybridized carbons (Fsp3) is 0.438. The molecule has 0 spiro atoms. The molecule has 0 aromatic carbocycles. The van der Waals surface area contributed by atoms with Crippen LogP contribution < -0.4 is 10.1 Å². The molecule has 0 aliphatic carbocycles. The molecule has 2 heterocycles. The zero-order valence-electron chi connectivity index (χ0n) is 12.8. The van der Waals surface area contributed by atoms with Crippen LogP contribution in [0.5, 0.6) is 5.88 Å². The van der Waals surface area contributed by atoms with E-state index < -0.39 is 0 Å². The molecule has 21 heavy (non-hydrogen) atoms. The van der Waals surface area contributed by atoms with Gasteiger partial charge < -0.3 is 10.1 Å². The van der Waals surface area contributed by atoms with E-state index >= 15 is 0 Å². The quantitative estimate of drug-likeness (QED) is 0.847. The van der Waals surface area contributed by atoms with Crippen LogP contribution in [0.3, 0.4) is 0 Å². The van der Waals surface area contributed by atoms with E-state index in [0.717, 1.165) is 30.0 Å². The van der Waals surface area contributed by atoms with Gasteiger partial charge in [-0.3, -0.25) is 4.98 Å². The van der Waals surface area contributed by atoms with Gasteiger partial charge in [-0.1, -0.05) is 19.9 Å². The Hall–Kier alpha value is -2.17. The first-order valence-electron chi connectivity index (χ1n) is 7.33. The van der Waals surface area contributed by atoms with Crippen molar-refractivity contribution in [3.05, 3.63) is 42.0 Å². The molecule has 0 saturated heterocycles. The van der Waals surface area contributed by atoms with Crippen LogP contribution >= 0.6 is 0 Å². The normalized spacial score (nSPS) is 10.7. The lowest BCUT2D eigenvalue weighted by Crippen LogP contribution is -2.11. The Kier molecular flexibility index (Phi) is 5.49. The van der Waals surface area contributed by atoms with Crippen molar-refractivity contribution in [2.24, 2.45) is 0 Å². The Balaban J connectivity index is 2.07. The fourth-order valence-electron chi connectivity index (χ4n) is 2.12. The van der Waals surface area contributed by atoms with E-state index in [9.17, 15) is 0 Å². The minimum Gasteiger partial charge on any atom is -0.477 e. The molecule has 0 unspecified atom stereocenters. The molecule has 5 nitrogen and oxygen atoms in total. The minimum absolute atomic E-state index is 0.296. The Morgan fingerprint density at radius 2 is 2.05 bits per heavy atom. The minimum atomic E-state index is 0.296. The first-order valence-corrected chi connectivity index (χ1v) is 7.33. The molecule has 2 rings (SSSR count). The molecule has 0 fully saturated rings. The van der Waals surface area contributed by atoms with Crippen LogP contribution in [0.15, 0.2) is 30.7 Å². The highest BCUT2D eigenvalue weighted by molar-refractivity contribution is 5.50. The van der Waals surface area contributed by atoms with Gasteiger partial charge in [0, 0.05) is 24.9 Å². The molecule has 0 saturated carbocycles. The number of anilines is 1. The van der Waals surface area contributed by atoms with Crippen molar-refractivity contribution >= 4 is 5.82 Å². The summed E-state index contributed by atoms with van der Waals surface area (Å²) >= 11 is 0. The summed E-state index contributed by atoms with van der Waals surface area (Å²) in [5, 5.41) is 3.26. The first-order chi connectivity index (χ1) is 10.2. The second kappa shape index (κ2) is 7.57. The number of rotatable bonds is 7. The molecular formula is C16H22N4O. The van der Waals surface area contributed by atoms with Gasteiger partial charge in [0.1, 0.15) is 12.1 Å². The summed E-state index contributed by atoms with van der Waals surface area (Å²) in [6.07, 6.45) is 4.10. The Labute approximate surface area is 125 Å². The third kappa shape index (κ3) is 4.15.